The number of benzene rings is 2. The normalized spacial score (nSPS) is 13.3. The Labute approximate surface area is 224 Å². The van der Waals surface area contributed by atoms with Gasteiger partial charge in [0, 0.05) is 49.6 Å². The van der Waals surface area contributed by atoms with Gasteiger partial charge >= 0.3 is 0 Å². The molecule has 0 saturated heterocycles. The molecule has 0 fully saturated rings. The number of rotatable bonds is 10. The monoisotopic (exact) mass is 525 g/mol. The third kappa shape index (κ3) is 5.22. The van der Waals surface area contributed by atoms with Crippen molar-refractivity contribution in [3.05, 3.63) is 106 Å². The van der Waals surface area contributed by atoms with Crippen molar-refractivity contribution < 1.29 is 14.2 Å². The first kappa shape index (κ1) is 24.7. The minimum atomic E-state index is -0.587. The van der Waals surface area contributed by atoms with Crippen LogP contribution in [0.5, 0.6) is 11.5 Å². The van der Waals surface area contributed by atoms with E-state index in [0.29, 0.717) is 54.6 Å². The second-order valence-corrected chi connectivity index (χ2v) is 9.25. The van der Waals surface area contributed by atoms with Crippen LogP contribution in [0.15, 0.2) is 77.9 Å². The minimum Gasteiger partial charge on any atom is -0.454 e. The van der Waals surface area contributed by atoms with Crippen molar-refractivity contribution in [2.45, 2.75) is 25.7 Å². The maximum atomic E-state index is 13.7. The number of hydrogen-bond donors (Lipinski definition) is 1. The zero-order valence-electron chi connectivity index (χ0n) is 21.4. The molecule has 11 nitrogen and oxygen atoms in total. The molecule has 1 aliphatic heterocycles. The Kier molecular flexibility index (Phi) is 6.98. The van der Waals surface area contributed by atoms with E-state index in [1.807, 2.05) is 48.7 Å². The summed E-state index contributed by atoms with van der Waals surface area (Å²) in [6, 6.07) is 19.0. The van der Waals surface area contributed by atoms with E-state index in [4.69, 9.17) is 14.2 Å². The Bertz CT molecular complexity index is 1580. The molecule has 198 valence electrons. The summed E-state index contributed by atoms with van der Waals surface area (Å²) in [5, 5.41) is 13.4. The smallest absolute Gasteiger partial charge is 0.253 e. The molecule has 1 atom stereocenters. The molecule has 5 aromatic rings. The number of ether oxygens (including phenoxy) is 3. The number of nitrogens with zero attached hydrogens (tertiary/aromatic N) is 6. The van der Waals surface area contributed by atoms with Gasteiger partial charge in [0.25, 0.3) is 5.56 Å². The van der Waals surface area contributed by atoms with Crippen molar-refractivity contribution in [1.29, 1.82) is 0 Å². The van der Waals surface area contributed by atoms with E-state index in [0.717, 1.165) is 16.5 Å². The van der Waals surface area contributed by atoms with Crippen LogP contribution in [-0.4, -0.2) is 55.6 Å². The third-order valence-electron chi connectivity index (χ3n) is 6.67. The molecule has 3 aromatic heterocycles. The second kappa shape index (κ2) is 11.0. The van der Waals surface area contributed by atoms with Crippen LogP contribution in [0.2, 0.25) is 0 Å². The quantitative estimate of drug-likeness (QED) is 0.293. The van der Waals surface area contributed by atoms with Crippen LogP contribution in [0, 0.1) is 0 Å². The van der Waals surface area contributed by atoms with Gasteiger partial charge in [-0.3, -0.25) is 14.7 Å². The molecular formula is C28H27N7O4. The van der Waals surface area contributed by atoms with Gasteiger partial charge in [0.05, 0.1) is 18.7 Å². The maximum absolute atomic E-state index is 13.7. The van der Waals surface area contributed by atoms with Gasteiger partial charge in [0.1, 0.15) is 6.04 Å². The van der Waals surface area contributed by atoms with Gasteiger partial charge in [0.15, 0.2) is 17.3 Å². The lowest BCUT2D eigenvalue weighted by atomic mass is 10.0. The van der Waals surface area contributed by atoms with Crippen LogP contribution in [0.3, 0.4) is 0 Å². The van der Waals surface area contributed by atoms with Crippen molar-refractivity contribution >= 4 is 10.9 Å². The van der Waals surface area contributed by atoms with Crippen molar-refractivity contribution in [1.82, 2.24) is 35.1 Å². The first-order valence-electron chi connectivity index (χ1n) is 12.6. The number of aromatic amines is 1. The summed E-state index contributed by atoms with van der Waals surface area (Å²) in [4.78, 5) is 23.3. The van der Waals surface area contributed by atoms with Crippen molar-refractivity contribution in [3.8, 4) is 11.5 Å². The molecule has 0 radical (unpaired) electrons. The van der Waals surface area contributed by atoms with E-state index in [-0.39, 0.29) is 12.4 Å². The lowest BCUT2D eigenvalue weighted by molar-refractivity contribution is 0.169. The summed E-state index contributed by atoms with van der Waals surface area (Å²) in [5.74, 6) is 1.78. The molecule has 0 bridgehead atoms. The number of H-pyrrole nitrogens is 1. The highest BCUT2D eigenvalue weighted by Gasteiger charge is 2.31. The molecule has 2 aromatic carbocycles. The number of nitrogens with one attached hydrogen (secondary N) is 1. The van der Waals surface area contributed by atoms with E-state index in [9.17, 15) is 4.79 Å². The number of methoxy groups -OCH3 is 1. The standard InChI is InChI=1S/C28H27N7O4/c1-37-11-10-35-27(31-32-33-35)26(22-12-21-13-24-25(39-18-38-24)14-23(21)30-28(22)36)34(16-19-6-3-2-4-7-19)17-20-8-5-9-29-15-20/h2-9,12-15,26H,10-11,16-18H2,1H3,(H,30,36)/t26-/m0/s1. The van der Waals surface area contributed by atoms with Gasteiger partial charge in [-0.2, -0.15) is 0 Å². The Balaban J connectivity index is 1.52. The molecule has 39 heavy (non-hydrogen) atoms. The van der Waals surface area contributed by atoms with E-state index in [1.165, 1.54) is 0 Å². The van der Waals surface area contributed by atoms with Crippen LogP contribution in [0.4, 0.5) is 0 Å². The van der Waals surface area contributed by atoms with Gasteiger partial charge in [-0.15, -0.1) is 5.10 Å². The van der Waals surface area contributed by atoms with Crippen molar-refractivity contribution in [3.63, 3.8) is 0 Å². The van der Waals surface area contributed by atoms with E-state index in [1.54, 1.807) is 24.1 Å². The highest BCUT2D eigenvalue weighted by Crippen LogP contribution is 2.36. The summed E-state index contributed by atoms with van der Waals surface area (Å²) in [6.45, 7) is 2.05. The Morgan fingerprint density at radius 1 is 1.05 bits per heavy atom. The molecule has 0 amide bonds. The summed E-state index contributed by atoms with van der Waals surface area (Å²) in [6.07, 6.45) is 3.57. The SMILES string of the molecule is COCCn1nnnc1[C@H](c1cc2cc3c(cc2[nH]c1=O)OCO3)N(Cc1ccccc1)Cc1cccnc1. The van der Waals surface area contributed by atoms with Crippen LogP contribution >= 0.6 is 0 Å². The summed E-state index contributed by atoms with van der Waals surface area (Å²) >= 11 is 0. The Morgan fingerprint density at radius 3 is 2.64 bits per heavy atom. The largest absolute Gasteiger partial charge is 0.454 e. The molecule has 0 spiro atoms. The minimum absolute atomic E-state index is 0.148. The topological polar surface area (TPSA) is 120 Å². The maximum Gasteiger partial charge on any atom is 0.253 e. The molecule has 1 N–H and O–H groups in total. The van der Waals surface area contributed by atoms with E-state index >= 15 is 0 Å². The number of aromatic nitrogens is 6. The predicted octanol–water partition coefficient (Wildman–Crippen LogP) is 3.08. The number of fused-ring (bicyclic) bond motifs is 2. The van der Waals surface area contributed by atoms with Crippen LogP contribution < -0.4 is 15.0 Å². The van der Waals surface area contributed by atoms with Crippen LogP contribution in [-0.2, 0) is 24.4 Å². The van der Waals surface area contributed by atoms with E-state index < -0.39 is 6.04 Å². The van der Waals surface area contributed by atoms with Gasteiger partial charge in [-0.05, 0) is 39.8 Å². The van der Waals surface area contributed by atoms with Gasteiger partial charge in [0.2, 0.25) is 6.79 Å². The molecule has 4 heterocycles. The van der Waals surface area contributed by atoms with Gasteiger partial charge in [-0.25, -0.2) is 4.68 Å². The molecule has 6 rings (SSSR count). The van der Waals surface area contributed by atoms with Gasteiger partial charge in [-0.1, -0.05) is 36.4 Å². The highest BCUT2D eigenvalue weighted by atomic mass is 16.7. The molecule has 0 aliphatic carbocycles. The average Bonchev–Trinajstić information content (AvgIpc) is 3.61. The Morgan fingerprint density at radius 2 is 1.85 bits per heavy atom. The number of hydrogen-bond acceptors (Lipinski definition) is 9. The molecule has 11 heteroatoms. The molecule has 0 unspecified atom stereocenters. The predicted molar refractivity (Wildman–Crippen MR) is 142 cm³/mol. The van der Waals surface area contributed by atoms with Crippen molar-refractivity contribution in [2.24, 2.45) is 0 Å². The fraction of sp³-hybridized carbons (Fsp3) is 0.250. The van der Waals surface area contributed by atoms with E-state index in [2.05, 4.69) is 42.5 Å². The van der Waals surface area contributed by atoms with Crippen LogP contribution in [0.25, 0.3) is 10.9 Å². The Hall–Kier alpha value is -4.61. The first-order valence-corrected chi connectivity index (χ1v) is 12.6. The first-order chi connectivity index (χ1) is 19.2. The van der Waals surface area contributed by atoms with Crippen molar-refractivity contribution in [2.75, 3.05) is 20.5 Å². The zero-order valence-corrected chi connectivity index (χ0v) is 21.4. The highest BCUT2D eigenvalue weighted by molar-refractivity contribution is 5.83. The summed E-state index contributed by atoms with van der Waals surface area (Å²) in [7, 11) is 1.63. The summed E-state index contributed by atoms with van der Waals surface area (Å²) < 4.78 is 18.1. The number of pyridine rings is 2. The molecular weight excluding hydrogens is 498 g/mol. The zero-order chi connectivity index (χ0) is 26.6. The fourth-order valence-corrected chi connectivity index (χ4v) is 4.84. The average molecular weight is 526 g/mol. The van der Waals surface area contributed by atoms with Gasteiger partial charge < -0.3 is 19.2 Å². The molecule has 1 aliphatic rings. The summed E-state index contributed by atoms with van der Waals surface area (Å²) in [5.41, 5.74) is 3.01. The van der Waals surface area contributed by atoms with Crippen LogP contribution in [0.1, 0.15) is 28.6 Å². The number of tetrazole rings is 1. The third-order valence-corrected chi connectivity index (χ3v) is 6.67. The lowest BCUT2D eigenvalue weighted by Gasteiger charge is -2.31. The fourth-order valence-electron chi connectivity index (χ4n) is 4.84. The lowest BCUT2D eigenvalue weighted by Crippen LogP contribution is -2.35. The second-order valence-electron chi connectivity index (χ2n) is 9.25. The molecule has 0 saturated carbocycles.